The van der Waals surface area contributed by atoms with Crippen LogP contribution in [0.4, 0.5) is 0 Å². The van der Waals surface area contributed by atoms with Crippen molar-refractivity contribution < 1.29 is 18.3 Å². The number of phenolic OH excluding ortho intramolecular Hbond substituents is 1. The summed E-state index contributed by atoms with van der Waals surface area (Å²) < 4.78 is 22.9. The summed E-state index contributed by atoms with van der Waals surface area (Å²) in [7, 11) is -3.38. The maximum Gasteiger partial charge on any atom is 0.251 e. The Balaban J connectivity index is 2.09. The van der Waals surface area contributed by atoms with Gasteiger partial charge in [0.25, 0.3) is 5.91 Å². The number of nitrogens with one attached hydrogen (secondary N) is 1. The van der Waals surface area contributed by atoms with Crippen molar-refractivity contribution in [3.05, 3.63) is 58.6 Å². The van der Waals surface area contributed by atoms with E-state index < -0.39 is 9.84 Å². The molecule has 0 saturated heterocycles. The molecule has 22 heavy (non-hydrogen) atoms. The summed E-state index contributed by atoms with van der Waals surface area (Å²) in [6.45, 7) is 0.193. The minimum atomic E-state index is -3.38. The third-order valence-corrected chi connectivity index (χ3v) is 4.54. The van der Waals surface area contributed by atoms with E-state index >= 15 is 0 Å². The zero-order valence-electron chi connectivity index (χ0n) is 11.7. The van der Waals surface area contributed by atoms with E-state index in [1.807, 2.05) is 0 Å². The SMILES string of the molecule is CS(=O)(=O)c1ccc(CNC(=O)c2cccc(O)c2)cc1Cl. The highest BCUT2D eigenvalue weighted by Crippen LogP contribution is 2.22. The quantitative estimate of drug-likeness (QED) is 0.895. The average molecular weight is 340 g/mol. The van der Waals surface area contributed by atoms with Crippen LogP contribution in [0.2, 0.25) is 5.02 Å². The Kier molecular flexibility index (Phi) is 4.73. The zero-order chi connectivity index (χ0) is 16.3. The summed E-state index contributed by atoms with van der Waals surface area (Å²) in [5, 5.41) is 12.1. The molecular weight excluding hydrogens is 326 g/mol. The van der Waals surface area contributed by atoms with Gasteiger partial charge in [-0.3, -0.25) is 4.79 Å². The van der Waals surface area contributed by atoms with E-state index in [2.05, 4.69) is 5.32 Å². The zero-order valence-corrected chi connectivity index (χ0v) is 13.3. The first-order valence-corrected chi connectivity index (χ1v) is 8.60. The Morgan fingerprint density at radius 1 is 1.23 bits per heavy atom. The van der Waals surface area contributed by atoms with Crippen LogP contribution in [0.25, 0.3) is 0 Å². The van der Waals surface area contributed by atoms with Gasteiger partial charge in [0.1, 0.15) is 5.75 Å². The van der Waals surface area contributed by atoms with E-state index in [0.717, 1.165) is 6.26 Å². The molecule has 1 amide bonds. The number of aromatic hydroxyl groups is 1. The molecule has 116 valence electrons. The van der Waals surface area contributed by atoms with Gasteiger partial charge in [-0.25, -0.2) is 8.42 Å². The third kappa shape index (κ3) is 3.99. The van der Waals surface area contributed by atoms with Crippen LogP contribution in [0.15, 0.2) is 47.4 Å². The van der Waals surface area contributed by atoms with Crippen LogP contribution < -0.4 is 5.32 Å². The first-order chi connectivity index (χ1) is 10.3. The highest BCUT2D eigenvalue weighted by Gasteiger charge is 2.13. The molecule has 0 aliphatic rings. The van der Waals surface area contributed by atoms with Gasteiger partial charge in [0.15, 0.2) is 9.84 Å². The summed E-state index contributed by atoms with van der Waals surface area (Å²) >= 11 is 5.94. The lowest BCUT2D eigenvalue weighted by Crippen LogP contribution is -2.22. The fourth-order valence-corrected chi connectivity index (χ4v) is 3.24. The number of rotatable bonds is 4. The van der Waals surface area contributed by atoms with Crippen LogP contribution in [0.1, 0.15) is 15.9 Å². The van der Waals surface area contributed by atoms with Crippen molar-refractivity contribution in [2.75, 3.05) is 6.26 Å². The molecule has 0 bridgehead atoms. The second-order valence-electron chi connectivity index (χ2n) is 4.77. The molecule has 2 aromatic rings. The van der Waals surface area contributed by atoms with Gasteiger partial charge in [-0.2, -0.15) is 0 Å². The largest absolute Gasteiger partial charge is 0.508 e. The van der Waals surface area contributed by atoms with Crippen LogP contribution in [0, 0.1) is 0 Å². The Hall–Kier alpha value is -2.05. The smallest absolute Gasteiger partial charge is 0.251 e. The maximum absolute atomic E-state index is 11.9. The number of amides is 1. The van der Waals surface area contributed by atoms with Gasteiger partial charge in [-0.1, -0.05) is 23.7 Å². The topological polar surface area (TPSA) is 83.5 Å². The summed E-state index contributed by atoms with van der Waals surface area (Å²) in [4.78, 5) is 12.0. The number of hydrogen-bond acceptors (Lipinski definition) is 4. The Bertz CT molecular complexity index is 818. The molecule has 0 aliphatic carbocycles. The molecule has 0 atom stereocenters. The minimum Gasteiger partial charge on any atom is -0.508 e. The molecule has 7 heteroatoms. The molecule has 5 nitrogen and oxygen atoms in total. The van der Waals surface area contributed by atoms with E-state index in [0.29, 0.717) is 11.1 Å². The molecule has 2 aromatic carbocycles. The number of sulfone groups is 1. The highest BCUT2D eigenvalue weighted by atomic mass is 35.5. The predicted octanol–water partition coefficient (Wildman–Crippen LogP) is 2.38. The Morgan fingerprint density at radius 2 is 1.95 bits per heavy atom. The van der Waals surface area contributed by atoms with Gasteiger partial charge >= 0.3 is 0 Å². The van der Waals surface area contributed by atoms with E-state index in [4.69, 9.17) is 11.6 Å². The average Bonchev–Trinajstić information content (AvgIpc) is 2.43. The maximum atomic E-state index is 11.9. The lowest BCUT2D eigenvalue weighted by molar-refractivity contribution is 0.0950. The van der Waals surface area contributed by atoms with Gasteiger partial charge < -0.3 is 10.4 Å². The lowest BCUT2D eigenvalue weighted by atomic mass is 10.2. The van der Waals surface area contributed by atoms with Gasteiger partial charge in [0, 0.05) is 18.4 Å². The van der Waals surface area contributed by atoms with Crippen molar-refractivity contribution in [3.63, 3.8) is 0 Å². The van der Waals surface area contributed by atoms with Crippen LogP contribution in [-0.2, 0) is 16.4 Å². The van der Waals surface area contributed by atoms with E-state index in [9.17, 15) is 18.3 Å². The van der Waals surface area contributed by atoms with Crippen molar-refractivity contribution in [1.82, 2.24) is 5.32 Å². The fraction of sp³-hybridized carbons (Fsp3) is 0.133. The number of carbonyl (C=O) groups is 1. The van der Waals surface area contributed by atoms with Crippen LogP contribution >= 0.6 is 11.6 Å². The second-order valence-corrected chi connectivity index (χ2v) is 7.16. The second kappa shape index (κ2) is 6.37. The monoisotopic (exact) mass is 339 g/mol. The highest BCUT2D eigenvalue weighted by molar-refractivity contribution is 7.90. The number of phenols is 1. The molecule has 2 rings (SSSR count). The molecule has 0 aromatic heterocycles. The first-order valence-electron chi connectivity index (χ1n) is 6.33. The standard InChI is InChI=1S/C15H14ClNO4S/c1-22(20,21)14-6-5-10(7-13(14)16)9-17-15(19)11-3-2-4-12(18)8-11/h2-8,18H,9H2,1H3,(H,17,19). The summed E-state index contributed by atoms with van der Waals surface area (Å²) in [6, 6.07) is 10.5. The Labute approximate surface area is 133 Å². The molecule has 2 N–H and O–H groups in total. The number of hydrogen-bond donors (Lipinski definition) is 2. The normalized spacial score (nSPS) is 11.2. The summed E-state index contributed by atoms with van der Waals surface area (Å²) in [6.07, 6.45) is 1.08. The lowest BCUT2D eigenvalue weighted by Gasteiger charge is -2.08. The van der Waals surface area contributed by atoms with Gasteiger partial charge in [0.2, 0.25) is 0 Å². The van der Waals surface area contributed by atoms with Crippen molar-refractivity contribution in [2.24, 2.45) is 0 Å². The van der Waals surface area contributed by atoms with Crippen molar-refractivity contribution >= 4 is 27.3 Å². The summed E-state index contributed by atoms with van der Waals surface area (Å²) in [5.41, 5.74) is 1.00. The molecule has 0 aliphatic heterocycles. The molecule has 0 unspecified atom stereocenters. The molecule has 0 heterocycles. The van der Waals surface area contributed by atoms with E-state index in [-0.39, 0.29) is 28.1 Å². The molecule has 0 fully saturated rings. The number of benzene rings is 2. The van der Waals surface area contributed by atoms with Gasteiger partial charge in [-0.15, -0.1) is 0 Å². The van der Waals surface area contributed by atoms with Crippen LogP contribution in [0.3, 0.4) is 0 Å². The first kappa shape index (κ1) is 16.3. The third-order valence-electron chi connectivity index (χ3n) is 2.96. The fourth-order valence-electron chi connectivity index (χ4n) is 1.89. The summed E-state index contributed by atoms with van der Waals surface area (Å²) in [5.74, 6) is -0.340. The molecule has 0 spiro atoms. The van der Waals surface area contributed by atoms with Crippen LogP contribution in [0.5, 0.6) is 5.75 Å². The molecule has 0 radical (unpaired) electrons. The van der Waals surface area contributed by atoms with Crippen LogP contribution in [-0.4, -0.2) is 25.7 Å². The van der Waals surface area contributed by atoms with Gasteiger partial charge in [-0.05, 0) is 35.9 Å². The molecule has 0 saturated carbocycles. The van der Waals surface area contributed by atoms with Gasteiger partial charge in [0.05, 0.1) is 9.92 Å². The van der Waals surface area contributed by atoms with E-state index in [1.165, 1.54) is 24.3 Å². The van der Waals surface area contributed by atoms with Crippen molar-refractivity contribution in [3.8, 4) is 5.75 Å². The Morgan fingerprint density at radius 3 is 2.55 bits per heavy atom. The van der Waals surface area contributed by atoms with Crippen molar-refractivity contribution in [2.45, 2.75) is 11.4 Å². The number of carbonyl (C=O) groups excluding carboxylic acids is 1. The van der Waals surface area contributed by atoms with E-state index in [1.54, 1.807) is 18.2 Å². The minimum absolute atomic E-state index is 0.00759. The molecular formula is C15H14ClNO4S. The van der Waals surface area contributed by atoms with Crippen molar-refractivity contribution in [1.29, 1.82) is 0 Å². The number of halogens is 1. The predicted molar refractivity (Wildman–Crippen MR) is 83.8 cm³/mol.